The van der Waals surface area contributed by atoms with Gasteiger partial charge in [-0.25, -0.2) is 0 Å². The van der Waals surface area contributed by atoms with Gasteiger partial charge in [-0.15, -0.1) is 0 Å². The number of hydrogen-bond donors (Lipinski definition) is 2. The Labute approximate surface area is 124 Å². The van der Waals surface area contributed by atoms with Crippen LogP contribution in [0.1, 0.15) is 11.6 Å². The molecule has 7 nitrogen and oxygen atoms in total. The van der Waals surface area contributed by atoms with Crippen LogP contribution in [-0.2, 0) is 9.53 Å². The fourth-order valence-electron chi connectivity index (χ4n) is 2.02. The third-order valence-electron chi connectivity index (χ3n) is 2.98. The Bertz CT molecular complexity index is 479. The fraction of sp³-hybridized carbons (Fsp3) is 0.500. The van der Waals surface area contributed by atoms with E-state index in [-0.39, 0.29) is 0 Å². The molecule has 0 aliphatic rings. The highest BCUT2D eigenvalue weighted by molar-refractivity contribution is 5.83. The minimum Gasteiger partial charge on any atom is -0.493 e. The largest absolute Gasteiger partial charge is 0.493 e. The highest BCUT2D eigenvalue weighted by Crippen LogP contribution is 2.41. The van der Waals surface area contributed by atoms with Crippen LogP contribution in [0, 0.1) is 0 Å². The third kappa shape index (κ3) is 3.99. The molecule has 0 fully saturated rings. The van der Waals surface area contributed by atoms with Crippen molar-refractivity contribution in [2.24, 2.45) is 5.73 Å². The number of primary amides is 1. The second kappa shape index (κ2) is 8.33. The van der Waals surface area contributed by atoms with E-state index in [1.165, 1.54) is 21.3 Å². The van der Waals surface area contributed by atoms with Crippen LogP contribution in [-0.4, -0.2) is 47.5 Å². The highest BCUT2D eigenvalue weighted by Gasteiger charge is 2.25. The summed E-state index contributed by atoms with van der Waals surface area (Å²) in [5, 5.41) is 3.02. The molecule has 21 heavy (non-hydrogen) atoms. The number of benzene rings is 1. The van der Waals surface area contributed by atoms with Crippen molar-refractivity contribution in [2.45, 2.75) is 6.04 Å². The van der Waals surface area contributed by atoms with E-state index < -0.39 is 11.9 Å². The summed E-state index contributed by atoms with van der Waals surface area (Å²) in [6, 6.07) is 2.70. The van der Waals surface area contributed by atoms with Crippen LogP contribution in [0.3, 0.4) is 0 Å². The van der Waals surface area contributed by atoms with E-state index in [0.717, 1.165) is 0 Å². The number of rotatable bonds is 9. The Morgan fingerprint density at radius 3 is 2.29 bits per heavy atom. The highest BCUT2D eigenvalue weighted by atomic mass is 16.5. The van der Waals surface area contributed by atoms with Gasteiger partial charge >= 0.3 is 0 Å². The minimum absolute atomic E-state index is 0.408. The fourth-order valence-corrected chi connectivity index (χ4v) is 2.02. The average Bonchev–Trinajstić information content (AvgIpc) is 2.49. The quantitative estimate of drug-likeness (QED) is 0.644. The average molecular weight is 298 g/mol. The van der Waals surface area contributed by atoms with Gasteiger partial charge in [0.05, 0.1) is 27.9 Å². The van der Waals surface area contributed by atoms with E-state index in [9.17, 15) is 4.79 Å². The molecule has 0 aliphatic carbocycles. The maximum Gasteiger partial charge on any atom is 0.239 e. The number of nitrogens with one attached hydrogen (secondary N) is 1. The molecule has 118 valence electrons. The van der Waals surface area contributed by atoms with Crippen LogP contribution in [0.15, 0.2) is 12.1 Å². The molecule has 0 spiro atoms. The van der Waals surface area contributed by atoms with Crippen molar-refractivity contribution in [1.29, 1.82) is 0 Å². The molecule has 1 aromatic rings. The van der Waals surface area contributed by atoms with Gasteiger partial charge < -0.3 is 24.7 Å². The smallest absolute Gasteiger partial charge is 0.239 e. The van der Waals surface area contributed by atoms with Crippen molar-refractivity contribution in [2.75, 3.05) is 41.6 Å². The molecule has 1 rings (SSSR count). The van der Waals surface area contributed by atoms with E-state index in [0.29, 0.717) is 36.0 Å². The summed E-state index contributed by atoms with van der Waals surface area (Å²) in [6.45, 7) is 0.932. The SMILES string of the molecule is COCCNC(C(N)=O)c1ccc(OC)c(OC)c1OC. The van der Waals surface area contributed by atoms with Crippen molar-refractivity contribution in [3.8, 4) is 17.2 Å². The molecule has 0 bridgehead atoms. The van der Waals surface area contributed by atoms with Crippen molar-refractivity contribution in [3.05, 3.63) is 17.7 Å². The van der Waals surface area contributed by atoms with Gasteiger partial charge in [0.2, 0.25) is 11.7 Å². The van der Waals surface area contributed by atoms with Gasteiger partial charge in [-0.1, -0.05) is 0 Å². The monoisotopic (exact) mass is 298 g/mol. The molecule has 1 amide bonds. The molecule has 1 aromatic carbocycles. The third-order valence-corrected chi connectivity index (χ3v) is 2.98. The lowest BCUT2D eigenvalue weighted by molar-refractivity contribution is -0.120. The number of amides is 1. The van der Waals surface area contributed by atoms with Gasteiger partial charge in [-0.3, -0.25) is 10.1 Å². The molecule has 7 heteroatoms. The Morgan fingerprint density at radius 1 is 1.14 bits per heavy atom. The zero-order valence-electron chi connectivity index (χ0n) is 12.8. The minimum atomic E-state index is -0.713. The lowest BCUT2D eigenvalue weighted by Gasteiger charge is -2.21. The van der Waals surface area contributed by atoms with Crippen LogP contribution in [0.5, 0.6) is 17.2 Å². The topological polar surface area (TPSA) is 92.0 Å². The first kappa shape index (κ1) is 17.1. The second-order valence-corrected chi connectivity index (χ2v) is 4.21. The summed E-state index contributed by atoms with van der Waals surface area (Å²) in [5.74, 6) is 0.817. The van der Waals surface area contributed by atoms with Gasteiger partial charge in [0.1, 0.15) is 6.04 Å². The summed E-state index contributed by atoms with van der Waals surface area (Å²) < 4.78 is 20.8. The summed E-state index contributed by atoms with van der Waals surface area (Å²) in [5.41, 5.74) is 6.05. The number of hydrogen-bond acceptors (Lipinski definition) is 6. The van der Waals surface area contributed by atoms with Crippen molar-refractivity contribution in [1.82, 2.24) is 5.32 Å². The number of carbonyl (C=O) groups is 1. The Hall–Kier alpha value is -1.99. The standard InChI is InChI=1S/C14H22N2O5/c1-18-8-7-16-11(14(15)17)9-5-6-10(19-2)13(21-4)12(9)20-3/h5-6,11,16H,7-8H2,1-4H3,(H2,15,17). The lowest BCUT2D eigenvalue weighted by atomic mass is 10.0. The number of methoxy groups -OCH3 is 4. The zero-order valence-corrected chi connectivity index (χ0v) is 12.8. The van der Waals surface area contributed by atoms with Gasteiger partial charge in [0.25, 0.3) is 0 Å². The van der Waals surface area contributed by atoms with Gasteiger partial charge in [0.15, 0.2) is 11.5 Å². The number of ether oxygens (including phenoxy) is 4. The summed E-state index contributed by atoms with van der Waals surface area (Å²) >= 11 is 0. The summed E-state index contributed by atoms with van der Waals surface area (Å²) in [7, 11) is 6.10. The second-order valence-electron chi connectivity index (χ2n) is 4.21. The number of carbonyl (C=O) groups excluding carboxylic acids is 1. The maximum atomic E-state index is 11.7. The van der Waals surface area contributed by atoms with Crippen LogP contribution < -0.4 is 25.3 Å². The van der Waals surface area contributed by atoms with E-state index in [4.69, 9.17) is 24.7 Å². The molecule has 0 heterocycles. The van der Waals surface area contributed by atoms with E-state index in [2.05, 4.69) is 5.32 Å². The summed E-state index contributed by atoms with van der Waals surface area (Å²) in [6.07, 6.45) is 0. The molecule has 0 saturated carbocycles. The zero-order chi connectivity index (χ0) is 15.8. The maximum absolute atomic E-state index is 11.7. The Balaban J connectivity index is 3.21. The number of nitrogens with two attached hydrogens (primary N) is 1. The summed E-state index contributed by atoms with van der Waals surface area (Å²) in [4.78, 5) is 11.7. The first-order valence-corrected chi connectivity index (χ1v) is 6.41. The molecule has 0 aromatic heterocycles. The van der Waals surface area contributed by atoms with Gasteiger partial charge in [0, 0.05) is 19.2 Å². The van der Waals surface area contributed by atoms with Crippen molar-refractivity contribution >= 4 is 5.91 Å². The molecule has 1 unspecified atom stereocenters. The van der Waals surface area contributed by atoms with Crippen LogP contribution in [0.4, 0.5) is 0 Å². The predicted octanol–water partition coefficient (Wildman–Crippen LogP) is 0.475. The first-order valence-electron chi connectivity index (χ1n) is 6.41. The van der Waals surface area contributed by atoms with Crippen molar-refractivity contribution < 1.29 is 23.7 Å². The molecule has 1 atom stereocenters. The molecule has 0 radical (unpaired) electrons. The molecule has 0 saturated heterocycles. The van der Waals surface area contributed by atoms with Crippen LogP contribution >= 0.6 is 0 Å². The van der Waals surface area contributed by atoms with E-state index in [1.807, 2.05) is 0 Å². The molecular weight excluding hydrogens is 276 g/mol. The molecule has 3 N–H and O–H groups in total. The van der Waals surface area contributed by atoms with Gasteiger partial charge in [-0.05, 0) is 12.1 Å². The first-order chi connectivity index (χ1) is 10.1. The van der Waals surface area contributed by atoms with Crippen LogP contribution in [0.25, 0.3) is 0 Å². The van der Waals surface area contributed by atoms with E-state index in [1.54, 1.807) is 19.2 Å². The Morgan fingerprint density at radius 2 is 1.81 bits per heavy atom. The molecular formula is C14H22N2O5. The van der Waals surface area contributed by atoms with Gasteiger partial charge in [-0.2, -0.15) is 0 Å². The van der Waals surface area contributed by atoms with E-state index >= 15 is 0 Å². The molecule has 0 aliphatic heterocycles. The predicted molar refractivity (Wildman–Crippen MR) is 77.9 cm³/mol. The Kier molecular flexibility index (Phi) is 6.77. The normalized spacial score (nSPS) is 11.8. The van der Waals surface area contributed by atoms with Crippen molar-refractivity contribution in [3.63, 3.8) is 0 Å². The lowest BCUT2D eigenvalue weighted by Crippen LogP contribution is -2.35. The van der Waals surface area contributed by atoms with Crippen LogP contribution in [0.2, 0.25) is 0 Å².